The van der Waals surface area contributed by atoms with Crippen molar-refractivity contribution >= 4 is 34.8 Å². The third kappa shape index (κ3) is 6.29. The first-order chi connectivity index (χ1) is 13.6. The number of esters is 1. The predicted octanol–water partition coefficient (Wildman–Crippen LogP) is 3.37. The molecular weight excluding hydrogens is 475 g/mol. The number of hydrogen-bond donors (Lipinski definition) is 1. The molecule has 0 radical (unpaired) electrons. The minimum absolute atomic E-state index is 0.180. The summed E-state index contributed by atoms with van der Waals surface area (Å²) in [5.74, 6) is 1.41. The fourth-order valence-electron chi connectivity index (χ4n) is 2.36. The number of para-hydroxylation sites is 1. The number of halogens is 1. The fourth-order valence-corrected chi connectivity index (χ4v) is 3.14. The Kier molecular flexibility index (Phi) is 8.86. The van der Waals surface area contributed by atoms with Gasteiger partial charge in [-0.05, 0) is 53.3 Å². The summed E-state index contributed by atoms with van der Waals surface area (Å²) in [5, 5.41) is 4.27. The van der Waals surface area contributed by atoms with Crippen molar-refractivity contribution in [3.8, 4) is 17.2 Å². The number of carbonyl (C=O) groups excluding carboxylic acids is 1. The molecule has 0 saturated carbocycles. The molecule has 0 atom stereocenters. The largest absolute Gasteiger partial charge is 0.496 e. The van der Waals surface area contributed by atoms with E-state index in [0.717, 1.165) is 20.4 Å². The monoisotopic (exact) mass is 498 g/mol. The normalized spacial score (nSPS) is 10.6. The van der Waals surface area contributed by atoms with E-state index < -0.39 is 5.97 Å². The Morgan fingerprint density at radius 1 is 1.18 bits per heavy atom. The third-order valence-electron chi connectivity index (χ3n) is 3.66. The maximum Gasteiger partial charge on any atom is 0.343 e. The Bertz CT molecular complexity index is 826. The molecule has 0 heterocycles. The van der Waals surface area contributed by atoms with Crippen molar-refractivity contribution in [3.05, 3.63) is 51.1 Å². The number of ether oxygens (including phenoxy) is 4. The van der Waals surface area contributed by atoms with Gasteiger partial charge in [0.25, 0.3) is 0 Å². The molecule has 7 nitrogen and oxygen atoms in total. The zero-order chi connectivity index (χ0) is 20.4. The van der Waals surface area contributed by atoms with Crippen LogP contribution in [0.5, 0.6) is 17.2 Å². The number of carbonyl (C=O) groups is 1. The molecule has 0 spiro atoms. The van der Waals surface area contributed by atoms with Gasteiger partial charge in [0.1, 0.15) is 5.75 Å². The molecule has 28 heavy (non-hydrogen) atoms. The number of methoxy groups -OCH3 is 2. The zero-order valence-electron chi connectivity index (χ0n) is 16.0. The van der Waals surface area contributed by atoms with Crippen LogP contribution >= 0.6 is 22.6 Å². The molecule has 0 aliphatic rings. The molecule has 0 aromatic heterocycles. The lowest BCUT2D eigenvalue weighted by Crippen LogP contribution is -2.14. The van der Waals surface area contributed by atoms with Crippen LogP contribution in [0.3, 0.4) is 0 Å². The van der Waals surface area contributed by atoms with Gasteiger partial charge < -0.3 is 24.4 Å². The van der Waals surface area contributed by atoms with E-state index in [2.05, 4.69) is 37.9 Å². The van der Waals surface area contributed by atoms with E-state index in [1.54, 1.807) is 13.3 Å². The molecule has 0 aliphatic carbocycles. The van der Waals surface area contributed by atoms with Gasteiger partial charge in [0.15, 0.2) is 18.1 Å². The van der Waals surface area contributed by atoms with Crippen LogP contribution in [0.25, 0.3) is 0 Å². The van der Waals surface area contributed by atoms with Crippen LogP contribution in [0.4, 0.5) is 0 Å². The first-order valence-electron chi connectivity index (χ1n) is 8.62. The van der Waals surface area contributed by atoms with Gasteiger partial charge in [-0.1, -0.05) is 18.2 Å². The summed E-state index contributed by atoms with van der Waals surface area (Å²) < 4.78 is 21.9. The van der Waals surface area contributed by atoms with E-state index >= 15 is 0 Å². The lowest BCUT2D eigenvalue weighted by Gasteiger charge is -2.14. The molecule has 0 amide bonds. The maximum atomic E-state index is 11.3. The third-order valence-corrected chi connectivity index (χ3v) is 4.46. The summed E-state index contributed by atoms with van der Waals surface area (Å²) in [5.41, 5.74) is 4.86. The van der Waals surface area contributed by atoms with Crippen molar-refractivity contribution in [2.45, 2.75) is 13.5 Å². The van der Waals surface area contributed by atoms with E-state index in [9.17, 15) is 4.79 Å². The molecule has 2 rings (SSSR count). The lowest BCUT2D eigenvalue weighted by atomic mass is 10.2. The standard InChI is InChI=1S/C20H23IN2O5/c1-4-27-18-10-14(9-16(21)20(18)28-13-19(24)26-3)11-22-23-12-15-7-5-6-8-17(15)25-2/h5-11,23H,4,12-13H2,1-3H3/b22-11-. The highest BCUT2D eigenvalue weighted by Gasteiger charge is 2.13. The number of rotatable bonds is 10. The summed E-state index contributed by atoms with van der Waals surface area (Å²) in [7, 11) is 2.96. The summed E-state index contributed by atoms with van der Waals surface area (Å²) >= 11 is 2.13. The molecule has 0 unspecified atom stereocenters. The van der Waals surface area contributed by atoms with Crippen LogP contribution in [0.2, 0.25) is 0 Å². The second kappa shape index (κ2) is 11.4. The number of benzene rings is 2. The van der Waals surface area contributed by atoms with Crippen LogP contribution in [-0.2, 0) is 16.1 Å². The minimum Gasteiger partial charge on any atom is -0.496 e. The van der Waals surface area contributed by atoms with Crippen molar-refractivity contribution < 1.29 is 23.7 Å². The zero-order valence-corrected chi connectivity index (χ0v) is 18.2. The van der Waals surface area contributed by atoms with Gasteiger partial charge >= 0.3 is 5.97 Å². The number of hydrazone groups is 1. The van der Waals surface area contributed by atoms with E-state index in [1.807, 2.05) is 43.3 Å². The molecule has 2 aromatic rings. The maximum absolute atomic E-state index is 11.3. The van der Waals surface area contributed by atoms with Crippen molar-refractivity contribution in [2.24, 2.45) is 5.10 Å². The van der Waals surface area contributed by atoms with Gasteiger partial charge in [0, 0.05) is 5.56 Å². The van der Waals surface area contributed by atoms with Crippen molar-refractivity contribution in [1.82, 2.24) is 5.43 Å². The summed E-state index contributed by atoms with van der Waals surface area (Å²) in [6.07, 6.45) is 1.70. The van der Waals surface area contributed by atoms with Crippen LogP contribution in [-0.4, -0.2) is 39.6 Å². The molecule has 0 bridgehead atoms. The molecule has 0 aliphatic heterocycles. The van der Waals surface area contributed by atoms with Crippen LogP contribution < -0.4 is 19.6 Å². The second-order valence-electron chi connectivity index (χ2n) is 5.53. The predicted molar refractivity (Wildman–Crippen MR) is 115 cm³/mol. The van der Waals surface area contributed by atoms with Gasteiger partial charge in [-0.2, -0.15) is 5.10 Å². The van der Waals surface area contributed by atoms with E-state index in [0.29, 0.717) is 24.7 Å². The summed E-state index contributed by atoms with van der Waals surface area (Å²) in [4.78, 5) is 11.3. The minimum atomic E-state index is -0.454. The molecular formula is C20H23IN2O5. The Morgan fingerprint density at radius 2 is 1.96 bits per heavy atom. The number of hydrogen-bond acceptors (Lipinski definition) is 7. The van der Waals surface area contributed by atoms with Crippen LogP contribution in [0.15, 0.2) is 41.5 Å². The Morgan fingerprint density at radius 3 is 2.68 bits per heavy atom. The highest BCUT2D eigenvalue weighted by atomic mass is 127. The molecule has 150 valence electrons. The van der Waals surface area contributed by atoms with Gasteiger partial charge in [0.05, 0.1) is 37.2 Å². The molecule has 2 aromatic carbocycles. The van der Waals surface area contributed by atoms with Crippen molar-refractivity contribution in [2.75, 3.05) is 27.4 Å². The van der Waals surface area contributed by atoms with Gasteiger partial charge in [-0.25, -0.2) is 4.79 Å². The molecule has 8 heteroatoms. The number of nitrogens with one attached hydrogen (secondary N) is 1. The highest BCUT2D eigenvalue weighted by Crippen LogP contribution is 2.34. The summed E-state index contributed by atoms with van der Waals surface area (Å²) in [6, 6.07) is 11.5. The second-order valence-corrected chi connectivity index (χ2v) is 6.69. The SMILES string of the molecule is CCOc1cc(/C=N\NCc2ccccc2OC)cc(I)c1OCC(=O)OC. The van der Waals surface area contributed by atoms with E-state index in [1.165, 1.54) is 7.11 Å². The van der Waals surface area contributed by atoms with Crippen LogP contribution in [0, 0.1) is 3.57 Å². The van der Waals surface area contributed by atoms with Gasteiger partial charge in [-0.3, -0.25) is 0 Å². The van der Waals surface area contributed by atoms with E-state index in [4.69, 9.17) is 14.2 Å². The summed E-state index contributed by atoms with van der Waals surface area (Å²) in [6.45, 7) is 2.71. The molecule has 1 N–H and O–H groups in total. The lowest BCUT2D eigenvalue weighted by molar-refractivity contribution is -0.142. The smallest absolute Gasteiger partial charge is 0.343 e. The average Bonchev–Trinajstić information content (AvgIpc) is 2.70. The number of nitrogens with zero attached hydrogens (tertiary/aromatic N) is 1. The van der Waals surface area contributed by atoms with Crippen molar-refractivity contribution in [3.63, 3.8) is 0 Å². The quantitative estimate of drug-likeness (QED) is 0.234. The highest BCUT2D eigenvalue weighted by molar-refractivity contribution is 14.1. The van der Waals surface area contributed by atoms with Crippen LogP contribution in [0.1, 0.15) is 18.1 Å². The molecule has 0 saturated heterocycles. The molecule has 0 fully saturated rings. The Labute approximate surface area is 178 Å². The van der Waals surface area contributed by atoms with Gasteiger partial charge in [-0.15, -0.1) is 0 Å². The first kappa shape index (κ1) is 21.8. The topological polar surface area (TPSA) is 78.4 Å². The average molecular weight is 498 g/mol. The van der Waals surface area contributed by atoms with E-state index in [-0.39, 0.29) is 6.61 Å². The fraction of sp³-hybridized carbons (Fsp3) is 0.300. The Balaban J connectivity index is 2.08. The Hall–Kier alpha value is -2.49. The van der Waals surface area contributed by atoms with Gasteiger partial charge in [0.2, 0.25) is 0 Å². The van der Waals surface area contributed by atoms with Crippen molar-refractivity contribution in [1.29, 1.82) is 0 Å². The first-order valence-corrected chi connectivity index (χ1v) is 9.70.